The predicted molar refractivity (Wildman–Crippen MR) is 134 cm³/mol. The Morgan fingerprint density at radius 1 is 1.25 bits per heavy atom. The molecular formula is C27H29FN6O2. The molecule has 36 heavy (non-hydrogen) atoms. The van der Waals surface area contributed by atoms with E-state index in [-0.39, 0.29) is 23.8 Å². The van der Waals surface area contributed by atoms with Crippen molar-refractivity contribution >= 4 is 28.0 Å². The summed E-state index contributed by atoms with van der Waals surface area (Å²) in [7, 11) is 3.44. The Morgan fingerprint density at radius 3 is 2.78 bits per heavy atom. The van der Waals surface area contributed by atoms with E-state index in [4.69, 9.17) is 15.5 Å². The summed E-state index contributed by atoms with van der Waals surface area (Å²) in [6, 6.07) is 7.22. The van der Waals surface area contributed by atoms with Crippen LogP contribution in [0.1, 0.15) is 36.0 Å². The molecule has 0 spiro atoms. The summed E-state index contributed by atoms with van der Waals surface area (Å²) in [5, 5.41) is 0.489. The van der Waals surface area contributed by atoms with E-state index >= 15 is 4.39 Å². The van der Waals surface area contributed by atoms with E-state index < -0.39 is 0 Å². The fraction of sp³-hybridized carbons (Fsp3) is 0.444. The third-order valence-electron chi connectivity index (χ3n) is 8.42. The number of halogens is 1. The van der Waals surface area contributed by atoms with E-state index in [1.165, 1.54) is 0 Å². The van der Waals surface area contributed by atoms with Crippen LogP contribution in [0.25, 0.3) is 33.6 Å². The Balaban J connectivity index is 1.37. The topological polar surface area (TPSA) is 91.2 Å². The Kier molecular flexibility index (Phi) is 4.70. The number of hydrogen-bond acceptors (Lipinski definition) is 5. The molecular weight excluding hydrogens is 459 g/mol. The van der Waals surface area contributed by atoms with E-state index in [9.17, 15) is 4.79 Å². The van der Waals surface area contributed by atoms with Crippen LogP contribution < -0.4 is 10.5 Å². The number of likely N-dealkylation sites (tertiary alicyclic amines) is 1. The number of amides is 1. The van der Waals surface area contributed by atoms with Crippen molar-refractivity contribution in [2.45, 2.75) is 44.3 Å². The molecule has 3 unspecified atom stereocenters. The summed E-state index contributed by atoms with van der Waals surface area (Å²) in [5.41, 5.74) is 9.24. The standard InChI is InChI=1S/C27H29FN6O2/c1-32-23-18(10-16(11-20(23)36-2)27(35)33-13-15-7-8-19(33)22(15)29)31-26(32)24-21(28)17-4-3-9-30-25(17)34(24)12-14-5-6-14/h3-4,9-11,14-15,19,22H,5-8,12-13,29H2,1-2H3. The minimum Gasteiger partial charge on any atom is -0.494 e. The maximum absolute atomic E-state index is 15.9. The number of nitrogens with two attached hydrogens (primary N) is 1. The highest BCUT2D eigenvalue weighted by molar-refractivity contribution is 6.00. The largest absolute Gasteiger partial charge is 0.494 e. The molecule has 0 radical (unpaired) electrons. The first-order valence-electron chi connectivity index (χ1n) is 12.7. The zero-order valence-corrected chi connectivity index (χ0v) is 20.4. The van der Waals surface area contributed by atoms with Crippen LogP contribution >= 0.6 is 0 Å². The van der Waals surface area contributed by atoms with Crippen molar-refractivity contribution in [3.8, 4) is 17.3 Å². The highest BCUT2D eigenvalue weighted by Crippen LogP contribution is 2.40. The number of pyridine rings is 1. The van der Waals surface area contributed by atoms with Crippen LogP contribution in [0.4, 0.5) is 4.39 Å². The van der Waals surface area contributed by atoms with Crippen molar-refractivity contribution in [1.29, 1.82) is 0 Å². The highest BCUT2D eigenvalue weighted by atomic mass is 19.1. The van der Waals surface area contributed by atoms with E-state index in [2.05, 4.69) is 4.98 Å². The Labute approximate surface area is 207 Å². The van der Waals surface area contributed by atoms with Gasteiger partial charge in [-0.15, -0.1) is 0 Å². The number of aromatic nitrogens is 4. The second-order valence-corrected chi connectivity index (χ2v) is 10.6. The van der Waals surface area contributed by atoms with Crippen molar-refractivity contribution in [2.24, 2.45) is 24.6 Å². The molecule has 3 fully saturated rings. The van der Waals surface area contributed by atoms with Crippen LogP contribution in [0.3, 0.4) is 0 Å². The molecule has 8 nitrogen and oxygen atoms in total. The van der Waals surface area contributed by atoms with Crippen molar-refractivity contribution in [2.75, 3.05) is 13.7 Å². The van der Waals surface area contributed by atoms with Crippen LogP contribution in [0.2, 0.25) is 0 Å². The van der Waals surface area contributed by atoms with Crippen LogP contribution in [0.5, 0.6) is 5.75 Å². The van der Waals surface area contributed by atoms with Gasteiger partial charge in [-0.2, -0.15) is 0 Å². The Morgan fingerprint density at radius 2 is 2.08 bits per heavy atom. The number of imidazole rings is 1. The predicted octanol–water partition coefficient (Wildman–Crippen LogP) is 3.71. The zero-order chi connectivity index (χ0) is 24.7. The summed E-state index contributed by atoms with van der Waals surface area (Å²) in [6.45, 7) is 1.40. The van der Waals surface area contributed by atoms with E-state index in [0.29, 0.717) is 64.3 Å². The highest BCUT2D eigenvalue weighted by Gasteiger charge is 2.47. The smallest absolute Gasteiger partial charge is 0.254 e. The number of fused-ring (bicyclic) bond motifs is 4. The summed E-state index contributed by atoms with van der Waals surface area (Å²) < 4.78 is 25.4. The minimum absolute atomic E-state index is 0.0472. The zero-order valence-electron chi connectivity index (χ0n) is 20.4. The molecule has 7 rings (SSSR count). The van der Waals surface area contributed by atoms with Gasteiger partial charge in [-0.1, -0.05) is 0 Å². The average Bonchev–Trinajstić information content (AvgIpc) is 3.37. The normalized spacial score (nSPS) is 23.3. The lowest BCUT2D eigenvalue weighted by molar-refractivity contribution is 0.0700. The molecule has 1 aromatic carbocycles. The molecule has 2 aliphatic carbocycles. The minimum atomic E-state index is -0.325. The number of aryl methyl sites for hydroxylation is 1. The number of carbonyl (C=O) groups excluding carboxylic acids is 1. The monoisotopic (exact) mass is 488 g/mol. The lowest BCUT2D eigenvalue weighted by Gasteiger charge is -2.27. The molecule has 3 atom stereocenters. The van der Waals surface area contributed by atoms with Crippen molar-refractivity contribution in [3.05, 3.63) is 41.8 Å². The third-order valence-corrected chi connectivity index (χ3v) is 8.42. The molecule has 9 heteroatoms. The number of nitrogens with zero attached hydrogens (tertiary/aromatic N) is 5. The number of carbonyl (C=O) groups is 1. The van der Waals surface area contributed by atoms with Gasteiger partial charge in [0.2, 0.25) is 0 Å². The molecule has 3 aromatic heterocycles. The molecule has 1 amide bonds. The van der Waals surface area contributed by atoms with Gasteiger partial charge in [0, 0.05) is 44.0 Å². The van der Waals surface area contributed by atoms with Gasteiger partial charge in [0.25, 0.3) is 5.91 Å². The van der Waals surface area contributed by atoms with Crippen LogP contribution in [-0.4, -0.2) is 55.6 Å². The van der Waals surface area contributed by atoms with Gasteiger partial charge in [-0.05, 0) is 61.8 Å². The number of hydrogen-bond donors (Lipinski definition) is 1. The first kappa shape index (κ1) is 21.8. The summed E-state index contributed by atoms with van der Waals surface area (Å²) >= 11 is 0. The molecule has 2 N–H and O–H groups in total. The summed E-state index contributed by atoms with van der Waals surface area (Å²) in [4.78, 5) is 24.8. The van der Waals surface area contributed by atoms with Crippen molar-refractivity contribution in [3.63, 3.8) is 0 Å². The molecule has 3 aliphatic rings. The quantitative estimate of drug-likeness (QED) is 0.463. The molecule has 4 heterocycles. The lowest BCUT2D eigenvalue weighted by atomic mass is 10.1. The van der Waals surface area contributed by atoms with Gasteiger partial charge in [0.05, 0.1) is 18.0 Å². The number of ether oxygens (including phenoxy) is 1. The molecule has 2 saturated carbocycles. The first-order chi connectivity index (χ1) is 17.5. The number of piperidine rings is 1. The van der Waals surface area contributed by atoms with E-state index in [0.717, 1.165) is 31.2 Å². The summed E-state index contributed by atoms with van der Waals surface area (Å²) in [5.74, 6) is 1.55. The van der Waals surface area contributed by atoms with E-state index in [1.54, 1.807) is 37.6 Å². The maximum atomic E-state index is 15.9. The second kappa shape index (κ2) is 7.77. The van der Waals surface area contributed by atoms with Gasteiger partial charge < -0.3 is 24.5 Å². The van der Waals surface area contributed by atoms with Crippen LogP contribution in [0.15, 0.2) is 30.5 Å². The Hall–Kier alpha value is -3.46. The fourth-order valence-corrected chi connectivity index (χ4v) is 6.34. The van der Waals surface area contributed by atoms with Crippen molar-refractivity contribution < 1.29 is 13.9 Å². The summed E-state index contributed by atoms with van der Waals surface area (Å²) in [6.07, 6.45) is 6.00. The van der Waals surface area contributed by atoms with Crippen molar-refractivity contribution in [1.82, 2.24) is 24.0 Å². The second-order valence-electron chi connectivity index (χ2n) is 10.6. The third kappa shape index (κ3) is 3.05. The van der Waals surface area contributed by atoms with Gasteiger partial charge in [-0.25, -0.2) is 14.4 Å². The number of methoxy groups -OCH3 is 1. The first-order valence-corrected chi connectivity index (χ1v) is 12.7. The van der Waals surface area contributed by atoms with Crippen LogP contribution in [0, 0.1) is 17.7 Å². The molecule has 1 aliphatic heterocycles. The van der Waals surface area contributed by atoms with Gasteiger partial charge in [-0.3, -0.25) is 4.79 Å². The van der Waals surface area contributed by atoms with Gasteiger partial charge >= 0.3 is 0 Å². The van der Waals surface area contributed by atoms with Gasteiger partial charge in [0.15, 0.2) is 11.6 Å². The molecule has 2 bridgehead atoms. The fourth-order valence-electron chi connectivity index (χ4n) is 6.34. The molecule has 4 aromatic rings. The maximum Gasteiger partial charge on any atom is 0.254 e. The van der Waals surface area contributed by atoms with E-state index in [1.807, 2.05) is 21.1 Å². The molecule has 1 saturated heterocycles. The van der Waals surface area contributed by atoms with Crippen LogP contribution in [-0.2, 0) is 13.6 Å². The molecule has 186 valence electrons. The number of rotatable bonds is 5. The van der Waals surface area contributed by atoms with Gasteiger partial charge in [0.1, 0.15) is 22.6 Å². The lowest BCUT2D eigenvalue weighted by Crippen LogP contribution is -2.41. The average molecular weight is 489 g/mol. The number of benzene rings is 1. The SMILES string of the molecule is COc1cc(C(=O)N2CC3CCC2C3N)cc2nc(-c3c(F)c4cccnc4n3CC3CC3)n(C)c12. The Bertz CT molecular complexity index is 1540.